The summed E-state index contributed by atoms with van der Waals surface area (Å²) in [5.74, 6) is 0.354. The third kappa shape index (κ3) is 9.12. The molecule has 1 aliphatic rings. The fourth-order valence-corrected chi connectivity index (χ4v) is 4.48. The van der Waals surface area contributed by atoms with E-state index in [2.05, 4.69) is 12.2 Å². The molecule has 21 heavy (non-hydrogen) atoms. The second-order valence-electron chi connectivity index (χ2n) is 6.25. The van der Waals surface area contributed by atoms with E-state index in [0.717, 1.165) is 12.8 Å². The van der Waals surface area contributed by atoms with E-state index >= 15 is 0 Å². The molecule has 0 radical (unpaired) electrons. The zero-order chi connectivity index (χ0) is 15.6. The average molecular weight is 317 g/mol. The smallest absolute Gasteiger partial charge is 0.220 e. The molecule has 5 heteroatoms. The van der Waals surface area contributed by atoms with Crippen LogP contribution in [-0.2, 0) is 14.6 Å². The molecule has 1 aliphatic heterocycles. The van der Waals surface area contributed by atoms with Crippen molar-refractivity contribution in [2.24, 2.45) is 0 Å². The minimum Gasteiger partial charge on any atom is -0.352 e. The molecule has 4 nitrogen and oxygen atoms in total. The first-order valence-corrected chi connectivity index (χ1v) is 10.4. The van der Waals surface area contributed by atoms with Crippen molar-refractivity contribution >= 4 is 15.7 Å². The van der Waals surface area contributed by atoms with E-state index in [-0.39, 0.29) is 23.5 Å². The molecule has 1 rings (SSSR count). The number of unbranched alkanes of at least 4 members (excludes halogenated alkanes) is 8. The predicted octanol–water partition coefficient (Wildman–Crippen LogP) is 3.21. The maximum atomic E-state index is 11.7. The molecule has 124 valence electrons. The molecule has 1 N–H and O–H groups in total. The lowest BCUT2D eigenvalue weighted by atomic mass is 10.1. The number of carbonyl (C=O) groups is 1. The number of nitrogens with one attached hydrogen (secondary N) is 1. The summed E-state index contributed by atoms with van der Waals surface area (Å²) < 4.78 is 22.6. The van der Waals surface area contributed by atoms with Crippen LogP contribution in [0.2, 0.25) is 0 Å². The van der Waals surface area contributed by atoms with Crippen LogP contribution in [0.5, 0.6) is 0 Å². The van der Waals surface area contributed by atoms with Crippen LogP contribution in [0.25, 0.3) is 0 Å². The maximum absolute atomic E-state index is 11.7. The third-order valence-electron chi connectivity index (χ3n) is 4.10. The first-order chi connectivity index (χ1) is 10.0. The highest BCUT2D eigenvalue weighted by atomic mass is 32.2. The van der Waals surface area contributed by atoms with Gasteiger partial charge in [0.25, 0.3) is 0 Å². The molecule has 0 aromatic carbocycles. The number of carbonyl (C=O) groups excluding carboxylic acids is 1. The van der Waals surface area contributed by atoms with Gasteiger partial charge >= 0.3 is 0 Å². The van der Waals surface area contributed by atoms with Gasteiger partial charge in [0.15, 0.2) is 9.84 Å². The predicted molar refractivity (Wildman–Crippen MR) is 87.0 cm³/mol. The van der Waals surface area contributed by atoms with Crippen molar-refractivity contribution in [2.75, 3.05) is 11.5 Å². The normalized spacial score (nSPS) is 20.5. The van der Waals surface area contributed by atoms with Crippen LogP contribution in [0.1, 0.15) is 77.6 Å². The molecule has 1 amide bonds. The molecule has 0 aromatic heterocycles. The van der Waals surface area contributed by atoms with Gasteiger partial charge in [0.05, 0.1) is 11.5 Å². The van der Waals surface area contributed by atoms with Crippen LogP contribution in [-0.4, -0.2) is 31.9 Å². The van der Waals surface area contributed by atoms with E-state index in [1.54, 1.807) is 0 Å². The Balaban J connectivity index is 1.92. The van der Waals surface area contributed by atoms with E-state index in [9.17, 15) is 13.2 Å². The van der Waals surface area contributed by atoms with Crippen LogP contribution in [0.15, 0.2) is 0 Å². The van der Waals surface area contributed by atoms with Crippen molar-refractivity contribution in [2.45, 2.75) is 83.6 Å². The number of hydrogen-bond acceptors (Lipinski definition) is 3. The molecule has 0 saturated carbocycles. The molecule has 0 unspecified atom stereocenters. The fraction of sp³-hybridized carbons (Fsp3) is 0.938. The first kappa shape index (κ1) is 18.5. The summed E-state index contributed by atoms with van der Waals surface area (Å²) in [6.45, 7) is 2.23. The monoisotopic (exact) mass is 317 g/mol. The first-order valence-electron chi connectivity index (χ1n) is 8.53. The Kier molecular flexibility index (Phi) is 8.97. The summed E-state index contributed by atoms with van der Waals surface area (Å²) >= 11 is 0. The molecule has 0 aliphatic carbocycles. The van der Waals surface area contributed by atoms with Gasteiger partial charge in [0.2, 0.25) is 5.91 Å². The van der Waals surface area contributed by atoms with E-state index in [1.165, 1.54) is 44.9 Å². The minimum absolute atomic E-state index is 0.0139. The van der Waals surface area contributed by atoms with E-state index in [4.69, 9.17) is 0 Å². The highest BCUT2D eigenvalue weighted by molar-refractivity contribution is 7.91. The number of hydrogen-bond donors (Lipinski definition) is 1. The quantitative estimate of drug-likeness (QED) is 0.595. The highest BCUT2D eigenvalue weighted by Gasteiger charge is 2.28. The Labute approximate surface area is 130 Å². The van der Waals surface area contributed by atoms with Gasteiger partial charge < -0.3 is 5.32 Å². The Bertz CT molecular complexity index is 392. The van der Waals surface area contributed by atoms with Gasteiger partial charge in [0, 0.05) is 12.5 Å². The van der Waals surface area contributed by atoms with Crippen molar-refractivity contribution in [1.82, 2.24) is 5.32 Å². The van der Waals surface area contributed by atoms with Crippen molar-refractivity contribution in [3.8, 4) is 0 Å². The van der Waals surface area contributed by atoms with E-state index < -0.39 is 9.84 Å². The Morgan fingerprint density at radius 3 is 2.10 bits per heavy atom. The van der Waals surface area contributed by atoms with Gasteiger partial charge in [0.1, 0.15) is 0 Å². The summed E-state index contributed by atoms with van der Waals surface area (Å²) in [5.41, 5.74) is 0. The lowest BCUT2D eigenvalue weighted by Crippen LogP contribution is -2.35. The van der Waals surface area contributed by atoms with Crippen LogP contribution in [0.4, 0.5) is 0 Å². The second kappa shape index (κ2) is 10.2. The third-order valence-corrected chi connectivity index (χ3v) is 5.87. The summed E-state index contributed by atoms with van der Waals surface area (Å²) in [6, 6.07) is -0.152. The van der Waals surface area contributed by atoms with Gasteiger partial charge in [-0.15, -0.1) is 0 Å². The van der Waals surface area contributed by atoms with E-state index in [0.29, 0.717) is 12.8 Å². The van der Waals surface area contributed by atoms with Crippen molar-refractivity contribution in [3.63, 3.8) is 0 Å². The van der Waals surface area contributed by atoms with Crippen LogP contribution < -0.4 is 5.32 Å². The molecule has 1 atom stereocenters. The van der Waals surface area contributed by atoms with Gasteiger partial charge in [-0.25, -0.2) is 8.42 Å². The average Bonchev–Trinajstić information content (AvgIpc) is 2.76. The lowest BCUT2D eigenvalue weighted by molar-refractivity contribution is -0.121. The number of rotatable bonds is 11. The van der Waals surface area contributed by atoms with Crippen LogP contribution in [0, 0.1) is 0 Å². The standard InChI is InChI=1S/C16H31NO3S/c1-2-3-4-5-6-7-8-9-10-11-16(18)17-15-12-13-21(19,20)14-15/h15H,2-14H2,1H3,(H,17,18)/t15-/m1/s1. The van der Waals surface area contributed by atoms with Crippen LogP contribution >= 0.6 is 0 Å². The molecular formula is C16H31NO3S. The summed E-state index contributed by atoms with van der Waals surface area (Å²) in [7, 11) is -2.90. The summed E-state index contributed by atoms with van der Waals surface area (Å²) in [5, 5.41) is 2.84. The molecule has 1 saturated heterocycles. The van der Waals surface area contributed by atoms with Gasteiger partial charge in [-0.2, -0.15) is 0 Å². The number of sulfone groups is 1. The van der Waals surface area contributed by atoms with Crippen LogP contribution in [0.3, 0.4) is 0 Å². The Hall–Kier alpha value is -0.580. The van der Waals surface area contributed by atoms with Crippen molar-refractivity contribution in [3.05, 3.63) is 0 Å². The van der Waals surface area contributed by atoms with Gasteiger partial charge in [-0.3, -0.25) is 4.79 Å². The summed E-state index contributed by atoms with van der Waals surface area (Å²) in [4.78, 5) is 11.7. The zero-order valence-electron chi connectivity index (χ0n) is 13.4. The molecule has 0 bridgehead atoms. The summed E-state index contributed by atoms with van der Waals surface area (Å²) in [6.07, 6.45) is 12.2. The highest BCUT2D eigenvalue weighted by Crippen LogP contribution is 2.13. The van der Waals surface area contributed by atoms with Crippen molar-refractivity contribution in [1.29, 1.82) is 0 Å². The molecule has 1 heterocycles. The minimum atomic E-state index is -2.90. The lowest BCUT2D eigenvalue weighted by Gasteiger charge is -2.10. The second-order valence-corrected chi connectivity index (χ2v) is 8.47. The molecular weight excluding hydrogens is 286 g/mol. The Morgan fingerprint density at radius 2 is 1.57 bits per heavy atom. The fourth-order valence-electron chi connectivity index (χ4n) is 2.80. The maximum Gasteiger partial charge on any atom is 0.220 e. The van der Waals surface area contributed by atoms with Gasteiger partial charge in [-0.1, -0.05) is 58.3 Å². The zero-order valence-corrected chi connectivity index (χ0v) is 14.2. The topological polar surface area (TPSA) is 63.2 Å². The Morgan fingerprint density at radius 1 is 1.00 bits per heavy atom. The molecule has 0 aromatic rings. The molecule has 0 spiro atoms. The molecule has 1 fully saturated rings. The SMILES string of the molecule is CCCCCCCCCCCC(=O)N[C@@H]1CCS(=O)(=O)C1. The largest absolute Gasteiger partial charge is 0.352 e. The number of amides is 1. The van der Waals surface area contributed by atoms with Crippen molar-refractivity contribution < 1.29 is 13.2 Å². The van der Waals surface area contributed by atoms with E-state index in [1.807, 2.05) is 0 Å². The van der Waals surface area contributed by atoms with Gasteiger partial charge in [-0.05, 0) is 12.8 Å².